The van der Waals surface area contributed by atoms with Crippen LogP contribution in [0.3, 0.4) is 0 Å². The van der Waals surface area contributed by atoms with Crippen molar-refractivity contribution in [2.75, 3.05) is 11.9 Å². The number of pyridine rings is 1. The fourth-order valence-corrected chi connectivity index (χ4v) is 5.98. The van der Waals surface area contributed by atoms with Gasteiger partial charge in [-0.25, -0.2) is 8.42 Å². The molecule has 166 valence electrons. The SMILES string of the molecule is CC1CCN1S(=O)(=O)c1ccc(Nc2nn([C@@H](CC#N)C3CC3)c3cc[nH]c(=O)c23)cc1. The zero-order valence-electron chi connectivity index (χ0n) is 17.7. The average molecular weight is 453 g/mol. The van der Waals surface area contributed by atoms with Gasteiger partial charge in [0, 0.05) is 24.5 Å². The number of hydrogen-bond acceptors (Lipinski definition) is 6. The zero-order valence-corrected chi connectivity index (χ0v) is 18.5. The van der Waals surface area contributed by atoms with Gasteiger partial charge in [-0.3, -0.25) is 9.48 Å². The maximum atomic E-state index is 12.7. The van der Waals surface area contributed by atoms with Crippen molar-refractivity contribution in [2.24, 2.45) is 5.92 Å². The Kier molecular flexibility index (Phi) is 5.03. The minimum atomic E-state index is -3.50. The number of rotatable bonds is 7. The van der Waals surface area contributed by atoms with Gasteiger partial charge in [0.15, 0.2) is 5.82 Å². The van der Waals surface area contributed by atoms with Crippen LogP contribution in [-0.4, -0.2) is 40.1 Å². The fraction of sp³-hybridized carbons (Fsp3) is 0.409. The molecule has 1 saturated carbocycles. The second-order valence-corrected chi connectivity index (χ2v) is 10.4. The van der Waals surface area contributed by atoms with Crippen LogP contribution >= 0.6 is 0 Å². The largest absolute Gasteiger partial charge is 0.338 e. The Bertz CT molecular complexity index is 1370. The molecule has 0 radical (unpaired) electrons. The molecule has 0 bridgehead atoms. The molecule has 2 aliphatic rings. The van der Waals surface area contributed by atoms with Gasteiger partial charge in [0.1, 0.15) is 5.39 Å². The van der Waals surface area contributed by atoms with Gasteiger partial charge < -0.3 is 10.3 Å². The van der Waals surface area contributed by atoms with Crippen molar-refractivity contribution in [3.05, 3.63) is 46.9 Å². The van der Waals surface area contributed by atoms with Gasteiger partial charge in [-0.1, -0.05) is 0 Å². The Balaban J connectivity index is 1.48. The summed E-state index contributed by atoms with van der Waals surface area (Å²) >= 11 is 0. The lowest BCUT2D eigenvalue weighted by Gasteiger charge is -2.37. The first-order chi connectivity index (χ1) is 15.4. The van der Waals surface area contributed by atoms with Gasteiger partial charge in [-0.05, 0) is 62.4 Å². The minimum absolute atomic E-state index is 0.0210. The van der Waals surface area contributed by atoms with E-state index in [2.05, 4.69) is 21.5 Å². The Morgan fingerprint density at radius 2 is 2.00 bits per heavy atom. The van der Waals surface area contributed by atoms with Crippen molar-refractivity contribution >= 4 is 32.4 Å². The molecular formula is C22H24N6O3S. The molecule has 0 spiro atoms. The Morgan fingerprint density at radius 1 is 1.25 bits per heavy atom. The molecule has 1 saturated heterocycles. The first kappa shape index (κ1) is 20.7. The van der Waals surface area contributed by atoms with E-state index in [1.54, 1.807) is 41.2 Å². The molecule has 32 heavy (non-hydrogen) atoms. The zero-order chi connectivity index (χ0) is 22.5. The molecule has 3 heterocycles. The van der Waals surface area contributed by atoms with Crippen molar-refractivity contribution in [3.8, 4) is 6.07 Å². The third kappa shape index (κ3) is 3.47. The summed E-state index contributed by atoms with van der Waals surface area (Å²) < 4.78 is 28.8. The molecule has 1 aliphatic heterocycles. The van der Waals surface area contributed by atoms with Crippen LogP contribution in [0.4, 0.5) is 11.5 Å². The number of sulfonamides is 1. The lowest BCUT2D eigenvalue weighted by atomic mass is 10.1. The van der Waals surface area contributed by atoms with Gasteiger partial charge in [-0.2, -0.15) is 14.7 Å². The van der Waals surface area contributed by atoms with Crippen LogP contribution in [0.5, 0.6) is 0 Å². The van der Waals surface area contributed by atoms with E-state index in [0.29, 0.717) is 41.3 Å². The van der Waals surface area contributed by atoms with E-state index < -0.39 is 10.0 Å². The summed E-state index contributed by atoms with van der Waals surface area (Å²) in [4.78, 5) is 15.5. The third-order valence-corrected chi connectivity index (χ3v) is 8.42. The van der Waals surface area contributed by atoms with Crippen LogP contribution in [0.1, 0.15) is 38.6 Å². The smallest absolute Gasteiger partial charge is 0.261 e. The van der Waals surface area contributed by atoms with Crippen LogP contribution < -0.4 is 10.9 Å². The molecule has 1 unspecified atom stereocenters. The van der Waals surface area contributed by atoms with Gasteiger partial charge in [0.25, 0.3) is 5.56 Å². The number of aromatic nitrogens is 3. The third-order valence-electron chi connectivity index (χ3n) is 6.39. The van der Waals surface area contributed by atoms with E-state index in [4.69, 9.17) is 0 Å². The number of benzene rings is 1. The van der Waals surface area contributed by atoms with Gasteiger partial charge >= 0.3 is 0 Å². The summed E-state index contributed by atoms with van der Waals surface area (Å²) in [7, 11) is -3.50. The number of nitrogens with one attached hydrogen (secondary N) is 2. The Labute approximate surface area is 185 Å². The van der Waals surface area contributed by atoms with Crippen LogP contribution in [0.15, 0.2) is 46.2 Å². The molecule has 5 rings (SSSR count). The van der Waals surface area contributed by atoms with E-state index >= 15 is 0 Å². The maximum absolute atomic E-state index is 12.7. The van der Waals surface area contributed by atoms with Gasteiger partial charge in [0.05, 0.1) is 28.9 Å². The summed E-state index contributed by atoms with van der Waals surface area (Å²) in [5, 5.41) is 17.5. The second kappa shape index (κ2) is 7.76. The van der Waals surface area contributed by atoms with Gasteiger partial charge in [-0.15, -0.1) is 0 Å². The quantitative estimate of drug-likeness (QED) is 0.568. The molecule has 0 amide bonds. The highest BCUT2D eigenvalue weighted by Crippen LogP contribution is 2.43. The highest BCUT2D eigenvalue weighted by Gasteiger charge is 2.36. The lowest BCUT2D eigenvalue weighted by Crippen LogP contribution is -2.49. The summed E-state index contributed by atoms with van der Waals surface area (Å²) in [5.74, 6) is 0.774. The Hall–Kier alpha value is -3.16. The molecule has 2 atom stereocenters. The number of anilines is 2. The predicted octanol–water partition coefficient (Wildman–Crippen LogP) is 3.12. The van der Waals surface area contributed by atoms with Crippen molar-refractivity contribution < 1.29 is 8.42 Å². The monoisotopic (exact) mass is 452 g/mol. The summed E-state index contributed by atoms with van der Waals surface area (Å²) in [5.41, 5.74) is 1.03. The van der Waals surface area contributed by atoms with Crippen molar-refractivity contribution in [2.45, 2.75) is 49.6 Å². The highest BCUT2D eigenvalue weighted by atomic mass is 32.2. The summed E-state index contributed by atoms with van der Waals surface area (Å²) in [6.07, 6.45) is 4.88. The molecule has 9 nitrogen and oxygen atoms in total. The second-order valence-electron chi connectivity index (χ2n) is 8.53. The molecule has 2 N–H and O–H groups in total. The summed E-state index contributed by atoms with van der Waals surface area (Å²) in [6.45, 7) is 2.44. The molecule has 1 aliphatic carbocycles. The molecule has 2 fully saturated rings. The number of nitriles is 1. The van der Waals surface area contributed by atoms with Crippen molar-refractivity contribution in [3.63, 3.8) is 0 Å². The van der Waals surface area contributed by atoms with Crippen LogP contribution in [0.2, 0.25) is 0 Å². The Morgan fingerprint density at radius 3 is 2.59 bits per heavy atom. The number of fused-ring (bicyclic) bond motifs is 1. The number of nitrogens with zero attached hydrogens (tertiary/aromatic N) is 4. The molecule has 2 aromatic heterocycles. The van der Waals surface area contributed by atoms with Gasteiger partial charge in [0.2, 0.25) is 10.0 Å². The minimum Gasteiger partial charge on any atom is -0.338 e. The van der Waals surface area contributed by atoms with E-state index in [0.717, 1.165) is 19.3 Å². The first-order valence-corrected chi connectivity index (χ1v) is 12.2. The van der Waals surface area contributed by atoms with Crippen molar-refractivity contribution in [1.29, 1.82) is 5.26 Å². The molecule has 1 aromatic carbocycles. The van der Waals surface area contributed by atoms with E-state index in [-0.39, 0.29) is 22.5 Å². The highest BCUT2D eigenvalue weighted by molar-refractivity contribution is 7.89. The van der Waals surface area contributed by atoms with Crippen LogP contribution in [0, 0.1) is 17.2 Å². The topological polar surface area (TPSA) is 124 Å². The standard InChI is InChI=1S/C22H24N6O3S/c1-14-10-13-27(14)32(30,31)17-6-4-16(5-7-17)25-21-20-19(9-12-24-22(20)29)28(26-21)18(8-11-23)15-2-3-15/h4-7,9,12,14-15,18H,2-3,8,10,13H2,1H3,(H,24,29)(H,25,26)/t14?,18-/m0/s1. The molecular weight excluding hydrogens is 428 g/mol. The average Bonchev–Trinajstić information content (AvgIpc) is 3.53. The lowest BCUT2D eigenvalue weighted by molar-refractivity contribution is 0.217. The number of H-pyrrole nitrogens is 1. The summed E-state index contributed by atoms with van der Waals surface area (Å²) in [6, 6.07) is 10.5. The number of hydrogen-bond donors (Lipinski definition) is 2. The molecule has 10 heteroatoms. The van der Waals surface area contributed by atoms with E-state index in [1.807, 2.05) is 6.92 Å². The first-order valence-electron chi connectivity index (χ1n) is 10.8. The normalized spacial score (nSPS) is 19.9. The van der Waals surface area contributed by atoms with E-state index in [9.17, 15) is 18.5 Å². The number of aromatic amines is 1. The predicted molar refractivity (Wildman–Crippen MR) is 120 cm³/mol. The van der Waals surface area contributed by atoms with E-state index in [1.165, 1.54) is 4.31 Å². The molecule has 3 aromatic rings. The fourth-order valence-electron chi connectivity index (χ4n) is 4.30. The van der Waals surface area contributed by atoms with Crippen LogP contribution in [-0.2, 0) is 10.0 Å². The van der Waals surface area contributed by atoms with Crippen LogP contribution in [0.25, 0.3) is 10.9 Å². The maximum Gasteiger partial charge on any atom is 0.261 e. The van der Waals surface area contributed by atoms with Crippen molar-refractivity contribution in [1.82, 2.24) is 19.1 Å².